The predicted molar refractivity (Wildman–Crippen MR) is 65.8 cm³/mol. The molecule has 0 bridgehead atoms. The summed E-state index contributed by atoms with van der Waals surface area (Å²) in [5, 5.41) is 3.13. The van der Waals surface area contributed by atoms with Crippen LogP contribution in [-0.4, -0.2) is 23.1 Å². The van der Waals surface area contributed by atoms with Crippen molar-refractivity contribution in [3.05, 3.63) is 12.3 Å². The van der Waals surface area contributed by atoms with Gasteiger partial charge in [-0.05, 0) is 12.8 Å². The zero-order valence-electron chi connectivity index (χ0n) is 10.2. The van der Waals surface area contributed by atoms with Crippen molar-refractivity contribution in [3.63, 3.8) is 0 Å². The van der Waals surface area contributed by atoms with Crippen molar-refractivity contribution in [1.29, 1.82) is 0 Å². The average Bonchev–Trinajstić information content (AvgIpc) is 2.33. The number of nitrogens with zero attached hydrogens (tertiary/aromatic N) is 2. The lowest BCUT2D eigenvalue weighted by Gasteiger charge is -2.06. The van der Waals surface area contributed by atoms with Crippen LogP contribution >= 0.6 is 0 Å². The van der Waals surface area contributed by atoms with Gasteiger partial charge in [0.1, 0.15) is 0 Å². The van der Waals surface area contributed by atoms with Crippen LogP contribution in [0.3, 0.4) is 0 Å². The van der Waals surface area contributed by atoms with E-state index in [1.165, 1.54) is 12.8 Å². The van der Waals surface area contributed by atoms with Gasteiger partial charge in [0, 0.05) is 18.8 Å². The highest BCUT2D eigenvalue weighted by atomic mass is 16.5. The highest BCUT2D eigenvalue weighted by Crippen LogP contribution is 2.09. The molecule has 1 N–H and O–H groups in total. The van der Waals surface area contributed by atoms with Crippen LogP contribution in [0.4, 0.5) is 5.95 Å². The fraction of sp³-hybridized carbons (Fsp3) is 0.667. The van der Waals surface area contributed by atoms with E-state index in [-0.39, 0.29) is 0 Å². The molecule has 1 rings (SSSR count). The largest absolute Gasteiger partial charge is 0.478 e. The molecule has 4 nitrogen and oxygen atoms in total. The summed E-state index contributed by atoms with van der Waals surface area (Å²) < 4.78 is 5.54. The van der Waals surface area contributed by atoms with Gasteiger partial charge in [0.15, 0.2) is 0 Å². The highest BCUT2D eigenvalue weighted by molar-refractivity contribution is 5.27. The Hall–Kier alpha value is -1.32. The maximum atomic E-state index is 5.54. The zero-order chi connectivity index (χ0) is 11.6. The Morgan fingerprint density at radius 2 is 2.12 bits per heavy atom. The summed E-state index contributed by atoms with van der Waals surface area (Å²) in [5.74, 6) is 1.31. The molecule has 0 unspecified atom stereocenters. The Kier molecular flexibility index (Phi) is 6.30. The number of anilines is 1. The molecule has 0 aliphatic rings. The van der Waals surface area contributed by atoms with Crippen LogP contribution in [-0.2, 0) is 0 Å². The molecular weight excluding hydrogens is 202 g/mol. The monoisotopic (exact) mass is 223 g/mol. The molecule has 0 saturated heterocycles. The van der Waals surface area contributed by atoms with Crippen LogP contribution in [0.1, 0.15) is 39.5 Å². The van der Waals surface area contributed by atoms with Crippen molar-refractivity contribution >= 4 is 5.95 Å². The van der Waals surface area contributed by atoms with Crippen molar-refractivity contribution in [3.8, 4) is 5.88 Å². The maximum absolute atomic E-state index is 5.54. The fourth-order valence-corrected chi connectivity index (χ4v) is 1.27. The third-order valence-electron chi connectivity index (χ3n) is 2.16. The van der Waals surface area contributed by atoms with Gasteiger partial charge in [-0.3, -0.25) is 0 Å². The van der Waals surface area contributed by atoms with E-state index in [0.717, 1.165) is 26.0 Å². The van der Waals surface area contributed by atoms with Gasteiger partial charge in [0.25, 0.3) is 0 Å². The van der Waals surface area contributed by atoms with Crippen molar-refractivity contribution in [1.82, 2.24) is 9.97 Å². The van der Waals surface area contributed by atoms with Crippen LogP contribution in [0, 0.1) is 0 Å². The van der Waals surface area contributed by atoms with Gasteiger partial charge in [-0.2, -0.15) is 4.98 Å². The molecule has 90 valence electrons. The Morgan fingerprint density at radius 3 is 2.88 bits per heavy atom. The van der Waals surface area contributed by atoms with Gasteiger partial charge in [-0.25, -0.2) is 4.98 Å². The average molecular weight is 223 g/mol. The standard InChI is InChI=1S/C12H21N3O/c1-3-5-6-10-16-11-7-9-14-12(15-11)13-8-4-2/h7,9H,3-6,8,10H2,1-2H3,(H,13,14,15). The Morgan fingerprint density at radius 1 is 1.25 bits per heavy atom. The smallest absolute Gasteiger partial charge is 0.225 e. The van der Waals surface area contributed by atoms with Gasteiger partial charge >= 0.3 is 0 Å². The maximum Gasteiger partial charge on any atom is 0.225 e. The molecule has 0 radical (unpaired) electrons. The van der Waals surface area contributed by atoms with Crippen LogP contribution in [0.15, 0.2) is 12.3 Å². The molecule has 16 heavy (non-hydrogen) atoms. The molecule has 1 heterocycles. The lowest BCUT2D eigenvalue weighted by atomic mass is 10.3. The topological polar surface area (TPSA) is 47.0 Å². The Bertz CT molecular complexity index is 291. The van der Waals surface area contributed by atoms with Crippen LogP contribution in [0.2, 0.25) is 0 Å². The van der Waals surface area contributed by atoms with Gasteiger partial charge in [0.2, 0.25) is 11.8 Å². The predicted octanol–water partition coefficient (Wildman–Crippen LogP) is 2.87. The molecule has 0 spiro atoms. The number of ether oxygens (including phenoxy) is 1. The van der Waals surface area contributed by atoms with Crippen LogP contribution in [0.25, 0.3) is 0 Å². The van der Waals surface area contributed by atoms with E-state index in [2.05, 4.69) is 29.1 Å². The van der Waals surface area contributed by atoms with E-state index in [1.54, 1.807) is 12.3 Å². The number of nitrogens with one attached hydrogen (secondary N) is 1. The minimum Gasteiger partial charge on any atom is -0.478 e. The van der Waals surface area contributed by atoms with Crippen LogP contribution < -0.4 is 10.1 Å². The van der Waals surface area contributed by atoms with E-state index in [9.17, 15) is 0 Å². The molecule has 4 heteroatoms. The van der Waals surface area contributed by atoms with Gasteiger partial charge in [-0.1, -0.05) is 26.7 Å². The number of aromatic nitrogens is 2. The summed E-state index contributed by atoms with van der Waals surface area (Å²) in [6.07, 6.45) is 6.27. The second-order valence-corrected chi connectivity index (χ2v) is 3.70. The molecule has 0 atom stereocenters. The number of unbranched alkanes of at least 4 members (excludes halogenated alkanes) is 2. The summed E-state index contributed by atoms with van der Waals surface area (Å²) in [6.45, 7) is 5.91. The van der Waals surface area contributed by atoms with Crippen molar-refractivity contribution in [2.24, 2.45) is 0 Å². The number of rotatable bonds is 8. The first-order chi connectivity index (χ1) is 7.86. The zero-order valence-corrected chi connectivity index (χ0v) is 10.2. The summed E-state index contributed by atoms with van der Waals surface area (Å²) in [5.41, 5.74) is 0. The lowest BCUT2D eigenvalue weighted by Crippen LogP contribution is -2.06. The second kappa shape index (κ2) is 7.91. The molecular formula is C12H21N3O. The summed E-state index contributed by atoms with van der Waals surface area (Å²) in [7, 11) is 0. The minimum absolute atomic E-state index is 0.648. The molecule has 0 aliphatic heterocycles. The van der Waals surface area contributed by atoms with E-state index >= 15 is 0 Å². The first-order valence-corrected chi connectivity index (χ1v) is 6.06. The molecule has 1 aromatic heterocycles. The SMILES string of the molecule is CCCCCOc1ccnc(NCCC)n1. The number of hydrogen-bond donors (Lipinski definition) is 1. The van der Waals surface area contributed by atoms with Crippen LogP contribution in [0.5, 0.6) is 5.88 Å². The summed E-state index contributed by atoms with van der Waals surface area (Å²) in [6, 6.07) is 1.79. The fourth-order valence-electron chi connectivity index (χ4n) is 1.27. The summed E-state index contributed by atoms with van der Waals surface area (Å²) in [4.78, 5) is 8.38. The molecule has 1 aromatic rings. The molecule has 0 aromatic carbocycles. The van der Waals surface area contributed by atoms with Crippen molar-refractivity contribution in [2.45, 2.75) is 39.5 Å². The quantitative estimate of drug-likeness (QED) is 0.688. The van der Waals surface area contributed by atoms with E-state index < -0.39 is 0 Å². The Balaban J connectivity index is 2.35. The number of hydrogen-bond acceptors (Lipinski definition) is 4. The Labute approximate surface area is 97.5 Å². The first kappa shape index (κ1) is 12.7. The third kappa shape index (κ3) is 4.96. The van der Waals surface area contributed by atoms with Gasteiger partial charge < -0.3 is 10.1 Å². The molecule has 0 amide bonds. The van der Waals surface area contributed by atoms with Crippen molar-refractivity contribution in [2.75, 3.05) is 18.5 Å². The molecule has 0 saturated carbocycles. The second-order valence-electron chi connectivity index (χ2n) is 3.70. The van der Waals surface area contributed by atoms with E-state index in [1.807, 2.05) is 0 Å². The van der Waals surface area contributed by atoms with E-state index in [0.29, 0.717) is 11.8 Å². The highest BCUT2D eigenvalue weighted by Gasteiger charge is 1.98. The minimum atomic E-state index is 0.648. The van der Waals surface area contributed by atoms with Gasteiger partial charge in [0.05, 0.1) is 6.61 Å². The summed E-state index contributed by atoms with van der Waals surface area (Å²) >= 11 is 0. The normalized spacial score (nSPS) is 10.1. The first-order valence-electron chi connectivity index (χ1n) is 6.06. The van der Waals surface area contributed by atoms with E-state index in [4.69, 9.17) is 4.74 Å². The third-order valence-corrected chi connectivity index (χ3v) is 2.16. The molecule has 0 fully saturated rings. The molecule has 0 aliphatic carbocycles. The lowest BCUT2D eigenvalue weighted by molar-refractivity contribution is 0.295. The van der Waals surface area contributed by atoms with Crippen molar-refractivity contribution < 1.29 is 4.74 Å². The van der Waals surface area contributed by atoms with Gasteiger partial charge in [-0.15, -0.1) is 0 Å².